The highest BCUT2D eigenvalue weighted by Gasteiger charge is 2.40. The fraction of sp³-hybridized carbons (Fsp3) is 0.923. The van der Waals surface area contributed by atoms with E-state index in [1.807, 2.05) is 6.92 Å². The number of carboxylic acids is 1. The maximum Gasteiger partial charge on any atom is 0.306 e. The molecule has 2 aliphatic rings. The van der Waals surface area contributed by atoms with E-state index in [2.05, 4.69) is 6.92 Å². The van der Waals surface area contributed by atoms with Crippen LogP contribution < -0.4 is 0 Å². The summed E-state index contributed by atoms with van der Waals surface area (Å²) < 4.78 is 0. The first-order valence-electron chi connectivity index (χ1n) is 6.30. The molecule has 0 radical (unpaired) electrons. The Labute approximate surface area is 92.1 Å². The molecule has 0 saturated heterocycles. The van der Waals surface area contributed by atoms with Crippen LogP contribution in [0.1, 0.15) is 46.0 Å². The second kappa shape index (κ2) is 4.15. The molecule has 2 aliphatic carbocycles. The quantitative estimate of drug-likeness (QED) is 0.773. The molecule has 2 heteroatoms. The largest absolute Gasteiger partial charge is 0.481 e. The van der Waals surface area contributed by atoms with Gasteiger partial charge < -0.3 is 5.11 Å². The summed E-state index contributed by atoms with van der Waals surface area (Å²) in [4.78, 5) is 10.9. The average molecular weight is 210 g/mol. The normalized spacial score (nSPS) is 37.9. The molecule has 0 heterocycles. The summed E-state index contributed by atoms with van der Waals surface area (Å²) in [6, 6.07) is 0. The predicted molar refractivity (Wildman–Crippen MR) is 59.5 cm³/mol. The average Bonchev–Trinajstić information content (AvgIpc) is 2.77. The summed E-state index contributed by atoms with van der Waals surface area (Å²) in [5, 5.41) is 8.96. The maximum atomic E-state index is 10.9. The second-order valence-electron chi connectivity index (χ2n) is 5.77. The Bertz CT molecular complexity index is 249. The Morgan fingerprint density at radius 3 is 2.53 bits per heavy atom. The first-order chi connectivity index (χ1) is 7.08. The van der Waals surface area contributed by atoms with Crippen molar-refractivity contribution in [3.05, 3.63) is 0 Å². The van der Waals surface area contributed by atoms with Gasteiger partial charge in [-0.15, -0.1) is 0 Å². The molecule has 5 atom stereocenters. The summed E-state index contributed by atoms with van der Waals surface area (Å²) in [6.45, 7) is 3.95. The van der Waals surface area contributed by atoms with Gasteiger partial charge in [-0.1, -0.05) is 20.3 Å². The molecule has 0 aromatic heterocycles. The van der Waals surface area contributed by atoms with Crippen LogP contribution in [0.25, 0.3) is 0 Å². The van der Waals surface area contributed by atoms with E-state index in [1.54, 1.807) is 0 Å². The van der Waals surface area contributed by atoms with E-state index in [0.717, 1.165) is 24.2 Å². The summed E-state index contributed by atoms with van der Waals surface area (Å²) in [5.74, 6) is 2.27. The molecular formula is C13H22O2. The number of fused-ring (bicyclic) bond motifs is 2. The van der Waals surface area contributed by atoms with Crippen molar-refractivity contribution in [3.8, 4) is 0 Å². The lowest BCUT2D eigenvalue weighted by Crippen LogP contribution is -2.22. The highest BCUT2D eigenvalue weighted by molar-refractivity contribution is 5.69. The molecule has 2 fully saturated rings. The van der Waals surface area contributed by atoms with Crippen molar-refractivity contribution in [2.75, 3.05) is 0 Å². The van der Waals surface area contributed by atoms with Crippen LogP contribution in [0.4, 0.5) is 0 Å². The van der Waals surface area contributed by atoms with Crippen LogP contribution in [-0.4, -0.2) is 11.1 Å². The minimum absolute atomic E-state index is 0.177. The first-order valence-corrected chi connectivity index (χ1v) is 6.30. The lowest BCUT2D eigenvalue weighted by Gasteiger charge is -2.26. The third-order valence-corrected chi connectivity index (χ3v) is 4.80. The summed E-state index contributed by atoms with van der Waals surface area (Å²) in [5.41, 5.74) is 0. The summed E-state index contributed by atoms with van der Waals surface area (Å²) >= 11 is 0. The molecule has 2 saturated carbocycles. The van der Waals surface area contributed by atoms with E-state index < -0.39 is 5.97 Å². The first kappa shape index (κ1) is 11.0. The van der Waals surface area contributed by atoms with Crippen molar-refractivity contribution >= 4 is 5.97 Å². The Balaban J connectivity index is 1.84. The van der Waals surface area contributed by atoms with Gasteiger partial charge in [0.1, 0.15) is 0 Å². The van der Waals surface area contributed by atoms with Crippen molar-refractivity contribution in [2.24, 2.45) is 29.6 Å². The molecule has 15 heavy (non-hydrogen) atoms. The van der Waals surface area contributed by atoms with E-state index >= 15 is 0 Å². The number of carboxylic acid groups (broad SMARTS) is 1. The molecule has 0 spiro atoms. The SMILES string of the molecule is CC(CC1CC2CCC1C2)C(C)C(=O)O. The van der Waals surface area contributed by atoms with Crippen LogP contribution in [0, 0.1) is 29.6 Å². The molecule has 2 bridgehead atoms. The third kappa shape index (κ3) is 2.19. The van der Waals surface area contributed by atoms with Gasteiger partial charge in [0.25, 0.3) is 0 Å². The number of aliphatic carboxylic acids is 1. The number of carbonyl (C=O) groups is 1. The minimum atomic E-state index is -0.634. The standard InChI is InChI=1S/C13H22O2/c1-8(9(2)13(14)15)5-12-7-10-3-4-11(12)6-10/h8-12H,3-7H2,1-2H3,(H,14,15). The van der Waals surface area contributed by atoms with Gasteiger partial charge in [0.2, 0.25) is 0 Å². The molecule has 0 aliphatic heterocycles. The monoisotopic (exact) mass is 210 g/mol. The number of hydrogen-bond acceptors (Lipinski definition) is 1. The van der Waals surface area contributed by atoms with Crippen molar-refractivity contribution in [1.29, 1.82) is 0 Å². The Morgan fingerprint density at radius 2 is 2.07 bits per heavy atom. The Morgan fingerprint density at radius 1 is 1.33 bits per heavy atom. The fourth-order valence-electron chi connectivity index (χ4n) is 3.59. The number of hydrogen-bond donors (Lipinski definition) is 1. The molecule has 5 unspecified atom stereocenters. The van der Waals surface area contributed by atoms with Crippen LogP contribution in [0.5, 0.6) is 0 Å². The zero-order valence-electron chi connectivity index (χ0n) is 9.78. The van der Waals surface area contributed by atoms with Gasteiger partial charge in [0.15, 0.2) is 0 Å². The van der Waals surface area contributed by atoms with Crippen LogP contribution in [0.3, 0.4) is 0 Å². The maximum absolute atomic E-state index is 10.9. The molecule has 1 N–H and O–H groups in total. The van der Waals surface area contributed by atoms with E-state index in [-0.39, 0.29) is 5.92 Å². The van der Waals surface area contributed by atoms with Gasteiger partial charge in [-0.25, -0.2) is 0 Å². The molecular weight excluding hydrogens is 188 g/mol. The fourth-order valence-corrected chi connectivity index (χ4v) is 3.59. The van der Waals surface area contributed by atoms with Gasteiger partial charge >= 0.3 is 5.97 Å². The van der Waals surface area contributed by atoms with E-state index in [0.29, 0.717) is 5.92 Å². The van der Waals surface area contributed by atoms with Gasteiger partial charge in [0.05, 0.1) is 5.92 Å². The lowest BCUT2D eigenvalue weighted by molar-refractivity contribution is -0.143. The van der Waals surface area contributed by atoms with Gasteiger partial charge in [-0.05, 0) is 49.4 Å². The lowest BCUT2D eigenvalue weighted by atomic mass is 9.79. The molecule has 2 rings (SSSR count). The van der Waals surface area contributed by atoms with Gasteiger partial charge in [-0.2, -0.15) is 0 Å². The summed E-state index contributed by atoms with van der Waals surface area (Å²) in [7, 11) is 0. The van der Waals surface area contributed by atoms with Crippen molar-refractivity contribution in [2.45, 2.75) is 46.0 Å². The van der Waals surface area contributed by atoms with E-state index in [4.69, 9.17) is 5.11 Å². The molecule has 2 nitrogen and oxygen atoms in total. The third-order valence-electron chi connectivity index (χ3n) is 4.80. The molecule has 0 aromatic rings. The summed E-state index contributed by atoms with van der Waals surface area (Å²) in [6.07, 6.45) is 6.78. The Kier molecular flexibility index (Phi) is 3.03. The zero-order valence-corrected chi connectivity index (χ0v) is 9.78. The van der Waals surface area contributed by atoms with E-state index in [9.17, 15) is 4.79 Å². The predicted octanol–water partition coefficient (Wildman–Crippen LogP) is 3.17. The van der Waals surface area contributed by atoms with Crippen LogP contribution in [-0.2, 0) is 4.79 Å². The topological polar surface area (TPSA) is 37.3 Å². The van der Waals surface area contributed by atoms with E-state index in [1.165, 1.54) is 25.7 Å². The molecule has 0 aromatic carbocycles. The highest BCUT2D eigenvalue weighted by Crippen LogP contribution is 2.50. The van der Waals surface area contributed by atoms with Crippen LogP contribution in [0.2, 0.25) is 0 Å². The van der Waals surface area contributed by atoms with Gasteiger partial charge in [0, 0.05) is 0 Å². The molecule has 86 valence electrons. The number of rotatable bonds is 4. The smallest absolute Gasteiger partial charge is 0.306 e. The zero-order chi connectivity index (χ0) is 11.0. The Hall–Kier alpha value is -0.530. The van der Waals surface area contributed by atoms with Crippen LogP contribution >= 0.6 is 0 Å². The van der Waals surface area contributed by atoms with Crippen LogP contribution in [0.15, 0.2) is 0 Å². The van der Waals surface area contributed by atoms with Crippen molar-refractivity contribution in [3.63, 3.8) is 0 Å². The molecule has 0 amide bonds. The van der Waals surface area contributed by atoms with Crippen molar-refractivity contribution in [1.82, 2.24) is 0 Å². The second-order valence-corrected chi connectivity index (χ2v) is 5.77. The minimum Gasteiger partial charge on any atom is -0.481 e. The van der Waals surface area contributed by atoms with Gasteiger partial charge in [-0.3, -0.25) is 4.79 Å². The van der Waals surface area contributed by atoms with Crippen molar-refractivity contribution < 1.29 is 9.90 Å². The highest BCUT2D eigenvalue weighted by atomic mass is 16.4.